The van der Waals surface area contributed by atoms with E-state index < -0.39 is 151 Å². The van der Waals surface area contributed by atoms with Crippen molar-refractivity contribution in [2.75, 3.05) is 13.2 Å². The number of aliphatic hydroxyl groups excluding tert-OH is 2. The summed E-state index contributed by atoms with van der Waals surface area (Å²) >= 11 is 0. The lowest BCUT2D eigenvalue weighted by atomic mass is 9.33. The van der Waals surface area contributed by atoms with E-state index in [1.54, 1.807) is 0 Å². The molecule has 2 unspecified atom stereocenters. The van der Waals surface area contributed by atoms with Gasteiger partial charge in [0.25, 0.3) is 0 Å². The van der Waals surface area contributed by atoms with Crippen molar-refractivity contribution in [1.29, 1.82) is 0 Å². The second-order valence-corrected chi connectivity index (χ2v) is 24.9. The highest BCUT2D eigenvalue weighted by molar-refractivity contribution is 5.80. The van der Waals surface area contributed by atoms with E-state index in [1.807, 2.05) is 0 Å². The Morgan fingerprint density at radius 3 is 1.57 bits per heavy atom. The standard InChI is InChI=1S/C56H82O21/c1-27(57)67-25-36-42(69-29(3)59)44(70-30(4)60)46(72-32(6)62)48(74-36)76-43-37(26-68-28(2)58)75-49(47(73-33(7)63)45(43)71-31(5)61)77-50(66)56-22-21-51(8,9)23-35(56)34-15-16-39-53(12)19-18-40(64)52(10,11)38(53)17-20-54(39,13)55(34,14)24-41(56)65/h15,35-49,64-65H,16-26H2,1-14H3/t35-,36-,37-,38?,39+,40-,41?,42-,43-,44-,45-,46-,47-,48-,49+,53-,54+,55+,56+/m0/s1. The summed E-state index contributed by atoms with van der Waals surface area (Å²) in [5, 5.41) is 24.3. The molecule has 0 aromatic heterocycles. The lowest BCUT2D eigenvalue weighted by molar-refractivity contribution is -0.359. The van der Waals surface area contributed by atoms with Crippen LogP contribution in [0.5, 0.6) is 0 Å². The van der Waals surface area contributed by atoms with Crippen molar-refractivity contribution in [3.8, 4) is 0 Å². The van der Waals surface area contributed by atoms with Crippen LogP contribution in [-0.4, -0.2) is 145 Å². The molecular formula is C56H82O21. The fourth-order valence-electron chi connectivity index (χ4n) is 15.5. The van der Waals surface area contributed by atoms with E-state index in [2.05, 4.69) is 54.5 Å². The normalized spacial score (nSPS) is 41.6. The second-order valence-electron chi connectivity index (χ2n) is 24.9. The van der Waals surface area contributed by atoms with Crippen LogP contribution in [0.25, 0.3) is 0 Å². The molecular weight excluding hydrogens is 1010 g/mol. The van der Waals surface area contributed by atoms with Gasteiger partial charge in [0.05, 0.1) is 12.2 Å². The van der Waals surface area contributed by atoms with Crippen molar-refractivity contribution in [2.45, 2.75) is 228 Å². The predicted octanol–water partition coefficient (Wildman–Crippen LogP) is 5.28. The van der Waals surface area contributed by atoms with Crippen LogP contribution < -0.4 is 0 Å². The van der Waals surface area contributed by atoms with Crippen molar-refractivity contribution in [3.63, 3.8) is 0 Å². The summed E-state index contributed by atoms with van der Waals surface area (Å²) in [6.45, 7) is 21.8. The van der Waals surface area contributed by atoms with E-state index in [1.165, 1.54) is 0 Å². The molecule has 21 heteroatoms. The maximum absolute atomic E-state index is 15.7. The number of aliphatic hydroxyl groups is 2. The Hall–Kier alpha value is -4.70. The molecule has 7 aliphatic rings. The molecule has 0 spiro atoms. The van der Waals surface area contributed by atoms with Crippen LogP contribution in [0.4, 0.5) is 0 Å². The van der Waals surface area contributed by atoms with Gasteiger partial charge in [-0.25, -0.2) is 0 Å². The molecule has 432 valence electrons. The van der Waals surface area contributed by atoms with Crippen LogP contribution in [0.2, 0.25) is 0 Å². The zero-order valence-electron chi connectivity index (χ0n) is 47.2. The van der Waals surface area contributed by atoms with Gasteiger partial charge in [-0.2, -0.15) is 0 Å². The number of ether oxygens (including phenoxy) is 11. The molecule has 0 aromatic carbocycles. The number of esters is 8. The highest BCUT2D eigenvalue weighted by Crippen LogP contribution is 2.76. The molecule has 5 aliphatic carbocycles. The zero-order chi connectivity index (χ0) is 57.1. The van der Waals surface area contributed by atoms with Gasteiger partial charge in [-0.15, -0.1) is 0 Å². The van der Waals surface area contributed by atoms with E-state index in [0.717, 1.165) is 79.7 Å². The van der Waals surface area contributed by atoms with Gasteiger partial charge in [0.1, 0.15) is 36.9 Å². The van der Waals surface area contributed by atoms with Crippen molar-refractivity contribution in [1.82, 2.24) is 0 Å². The van der Waals surface area contributed by atoms with Crippen LogP contribution in [0.15, 0.2) is 11.6 Å². The highest BCUT2D eigenvalue weighted by atomic mass is 16.8. The van der Waals surface area contributed by atoms with E-state index in [9.17, 15) is 43.8 Å². The van der Waals surface area contributed by atoms with Gasteiger partial charge in [0.2, 0.25) is 12.4 Å². The lowest BCUT2D eigenvalue weighted by Gasteiger charge is -2.71. The Kier molecular flexibility index (Phi) is 17.2. The Balaban J connectivity index is 1.29. The Morgan fingerprint density at radius 2 is 1.03 bits per heavy atom. The van der Waals surface area contributed by atoms with Gasteiger partial charge >= 0.3 is 47.8 Å². The summed E-state index contributed by atoms with van der Waals surface area (Å²) in [7, 11) is 0. The minimum atomic E-state index is -1.92. The second kappa shape index (κ2) is 22.1. The SMILES string of the molecule is CC(=O)OC[C@@H]1O[C@@H](O[C@@H]2[C@H](OC(C)=O)[C@H](OC(C)=O)[C@@H](OC(=O)[C@]34CCC(C)(C)C[C@H]3C3=CC[C@@H]5[C@@]6(C)CC[C@H](O)C(C)(C)C6CC[C@@]5(C)[C@]3(C)CC4O)O[C@H]2COC(C)=O)[C@@H](OC(C)=O)[C@@H](OC(C)=O)[C@H]1OC(C)=O. The van der Waals surface area contributed by atoms with E-state index in [-0.39, 0.29) is 46.3 Å². The number of hydrogen-bond acceptors (Lipinski definition) is 21. The minimum Gasteiger partial charge on any atom is -0.463 e. The third-order valence-corrected chi connectivity index (χ3v) is 19.2. The molecule has 0 aromatic rings. The summed E-state index contributed by atoms with van der Waals surface area (Å²) in [5.74, 6) is -7.11. The van der Waals surface area contributed by atoms with Gasteiger partial charge in [0.15, 0.2) is 30.7 Å². The number of hydrogen-bond donors (Lipinski definition) is 2. The first-order valence-electron chi connectivity index (χ1n) is 27.1. The molecule has 2 heterocycles. The van der Waals surface area contributed by atoms with E-state index in [4.69, 9.17) is 52.1 Å². The largest absolute Gasteiger partial charge is 0.463 e. The molecule has 4 saturated carbocycles. The van der Waals surface area contributed by atoms with E-state index in [0.29, 0.717) is 19.3 Å². The fraction of sp³-hybridized carbons (Fsp3) is 0.821. The quantitative estimate of drug-likeness (QED) is 0.135. The lowest BCUT2D eigenvalue weighted by Crippen LogP contribution is -2.69. The Morgan fingerprint density at radius 1 is 0.532 bits per heavy atom. The summed E-state index contributed by atoms with van der Waals surface area (Å²) < 4.78 is 64.9. The molecule has 21 nitrogen and oxygen atoms in total. The fourth-order valence-corrected chi connectivity index (χ4v) is 15.5. The molecule has 0 amide bonds. The number of allylic oxidation sites excluding steroid dienone is 2. The molecule has 2 aliphatic heterocycles. The first-order chi connectivity index (χ1) is 35.7. The van der Waals surface area contributed by atoms with Gasteiger partial charge in [-0.1, -0.05) is 60.1 Å². The number of carbonyl (C=O) groups excluding carboxylic acids is 8. The summed E-state index contributed by atoms with van der Waals surface area (Å²) in [6, 6.07) is 0. The molecule has 2 N–H and O–H groups in total. The first kappa shape index (κ1) is 60.0. The smallest absolute Gasteiger partial charge is 0.317 e. The van der Waals surface area contributed by atoms with Gasteiger partial charge in [0, 0.05) is 48.5 Å². The van der Waals surface area contributed by atoms with Crippen molar-refractivity contribution >= 4 is 47.8 Å². The first-order valence-corrected chi connectivity index (χ1v) is 27.1. The van der Waals surface area contributed by atoms with Crippen molar-refractivity contribution in [3.05, 3.63) is 11.6 Å². The average Bonchev–Trinajstić information content (AvgIpc) is 3.38. The average molecular weight is 1090 g/mol. The third kappa shape index (κ3) is 11.3. The molecule has 19 atom stereocenters. The van der Waals surface area contributed by atoms with Crippen molar-refractivity contribution in [2.24, 2.45) is 50.2 Å². The number of rotatable bonds is 13. The number of fused-ring (bicyclic) bond motifs is 7. The molecule has 77 heavy (non-hydrogen) atoms. The number of carbonyl (C=O) groups is 8. The van der Waals surface area contributed by atoms with Crippen LogP contribution in [-0.2, 0) is 90.5 Å². The minimum absolute atomic E-state index is 0.0930. The maximum Gasteiger partial charge on any atom is 0.317 e. The topological polar surface area (TPSA) is 279 Å². The Labute approximate surface area is 450 Å². The van der Waals surface area contributed by atoms with Crippen LogP contribution in [0, 0.1) is 50.2 Å². The zero-order valence-corrected chi connectivity index (χ0v) is 47.2. The van der Waals surface area contributed by atoms with Crippen LogP contribution >= 0.6 is 0 Å². The molecule has 7 rings (SSSR count). The summed E-state index contributed by atoms with van der Waals surface area (Å²) in [6.07, 6.45) is -11.1. The molecule has 2 saturated heterocycles. The van der Waals surface area contributed by atoms with E-state index >= 15 is 4.79 Å². The maximum atomic E-state index is 15.7. The van der Waals surface area contributed by atoms with Crippen LogP contribution in [0.1, 0.15) is 155 Å². The third-order valence-electron chi connectivity index (χ3n) is 19.2. The highest BCUT2D eigenvalue weighted by Gasteiger charge is 2.72. The van der Waals surface area contributed by atoms with Gasteiger partial charge < -0.3 is 62.3 Å². The van der Waals surface area contributed by atoms with Crippen LogP contribution in [0.3, 0.4) is 0 Å². The molecule has 6 fully saturated rings. The summed E-state index contributed by atoms with van der Waals surface area (Å²) in [5.41, 5.74) is -1.94. The van der Waals surface area contributed by atoms with Gasteiger partial charge in [-0.3, -0.25) is 38.4 Å². The predicted molar refractivity (Wildman–Crippen MR) is 266 cm³/mol. The monoisotopic (exact) mass is 1090 g/mol. The summed E-state index contributed by atoms with van der Waals surface area (Å²) in [4.78, 5) is 105. The Bertz CT molecular complexity index is 2340. The van der Waals surface area contributed by atoms with Crippen molar-refractivity contribution < 1.29 is 101 Å². The van der Waals surface area contributed by atoms with Gasteiger partial charge in [-0.05, 0) is 103 Å². The molecule has 0 radical (unpaired) electrons. The molecule has 0 bridgehead atoms.